The second-order valence-corrected chi connectivity index (χ2v) is 7.14. The first-order valence-corrected chi connectivity index (χ1v) is 8.89. The summed E-state index contributed by atoms with van der Waals surface area (Å²) < 4.78 is 46.7. The Kier molecular flexibility index (Phi) is 5.66. The molecule has 2 aromatic rings. The van der Waals surface area contributed by atoms with Gasteiger partial charge < -0.3 is 9.57 Å². The van der Waals surface area contributed by atoms with Crippen molar-refractivity contribution in [2.24, 2.45) is 5.16 Å². The van der Waals surface area contributed by atoms with Gasteiger partial charge in [0.1, 0.15) is 5.56 Å². The number of carbonyl (C=O) groups excluding carboxylic acids is 1. The lowest BCUT2D eigenvalue weighted by molar-refractivity contribution is -0.385. The summed E-state index contributed by atoms with van der Waals surface area (Å²) >= 11 is 11.8. The summed E-state index contributed by atoms with van der Waals surface area (Å²) in [4.78, 5) is 26.9. The molecule has 1 unspecified atom stereocenters. The minimum atomic E-state index is -5.00. The number of alkyl halides is 3. The number of nitro groups is 1. The Morgan fingerprint density at radius 2 is 1.87 bits per heavy atom. The van der Waals surface area contributed by atoms with Crippen molar-refractivity contribution in [3.05, 3.63) is 73.2 Å². The van der Waals surface area contributed by atoms with Crippen molar-refractivity contribution >= 4 is 40.6 Å². The third-order valence-corrected chi connectivity index (χ3v) is 4.88. The van der Waals surface area contributed by atoms with Crippen LogP contribution in [0.15, 0.2) is 41.6 Å². The Morgan fingerprint density at radius 1 is 1.23 bits per heavy atom. The van der Waals surface area contributed by atoms with Gasteiger partial charge in [0.25, 0.3) is 11.3 Å². The molecule has 0 radical (unpaired) electrons. The molecule has 3 rings (SSSR count). The van der Waals surface area contributed by atoms with E-state index in [0.29, 0.717) is 6.07 Å². The fraction of sp³-hybridized carbons (Fsp3) is 0.222. The molecule has 0 amide bonds. The molecule has 2 aromatic carbocycles. The molecule has 1 aliphatic rings. The van der Waals surface area contributed by atoms with Gasteiger partial charge in [0.05, 0.1) is 17.7 Å². The smallest absolute Gasteiger partial charge is 0.435 e. The standard InChI is InChI=1S/C18H11Cl2F3N2O5/c1-29-16(26)13-3-2-10(6-15(13)25(27)28)17(18(21,22)23)8-14(24-30-17)9-4-11(19)7-12(20)5-9/h2-7H,8H2,1H3. The predicted molar refractivity (Wildman–Crippen MR) is 101 cm³/mol. The van der Waals surface area contributed by atoms with Crippen molar-refractivity contribution in [2.45, 2.75) is 18.2 Å². The zero-order chi connectivity index (χ0) is 22.3. The van der Waals surface area contributed by atoms with Crippen LogP contribution in [0.25, 0.3) is 0 Å². The first-order valence-electron chi connectivity index (χ1n) is 8.14. The molecule has 0 N–H and O–H groups in total. The maximum atomic E-state index is 14.1. The monoisotopic (exact) mass is 462 g/mol. The molecule has 12 heteroatoms. The lowest BCUT2D eigenvalue weighted by Gasteiger charge is -2.29. The number of benzene rings is 2. The van der Waals surface area contributed by atoms with E-state index in [1.54, 1.807) is 0 Å². The van der Waals surface area contributed by atoms with Crippen molar-refractivity contribution in [3.63, 3.8) is 0 Å². The maximum Gasteiger partial charge on any atom is 0.435 e. The molecule has 0 saturated carbocycles. The Bertz CT molecular complexity index is 1050. The average Bonchev–Trinajstić information content (AvgIpc) is 3.13. The molecule has 0 aliphatic carbocycles. The molecular weight excluding hydrogens is 452 g/mol. The number of rotatable bonds is 4. The summed E-state index contributed by atoms with van der Waals surface area (Å²) in [5.41, 5.74) is -4.84. The van der Waals surface area contributed by atoms with Crippen molar-refractivity contribution in [1.29, 1.82) is 0 Å². The number of ether oxygens (including phenoxy) is 1. The van der Waals surface area contributed by atoms with Crippen LogP contribution < -0.4 is 0 Å². The molecule has 30 heavy (non-hydrogen) atoms. The number of halogens is 5. The third kappa shape index (κ3) is 3.80. The summed E-state index contributed by atoms with van der Waals surface area (Å²) in [6.07, 6.45) is -5.79. The molecule has 7 nitrogen and oxygen atoms in total. The number of carbonyl (C=O) groups is 1. The van der Waals surface area contributed by atoms with E-state index in [2.05, 4.69) is 9.89 Å². The highest BCUT2D eigenvalue weighted by Gasteiger charge is 2.62. The van der Waals surface area contributed by atoms with Gasteiger partial charge in [-0.1, -0.05) is 34.4 Å². The Morgan fingerprint density at radius 3 is 2.40 bits per heavy atom. The summed E-state index contributed by atoms with van der Waals surface area (Å²) in [6.45, 7) is 0. The first-order chi connectivity index (χ1) is 14.0. The lowest BCUT2D eigenvalue weighted by Crippen LogP contribution is -2.42. The second kappa shape index (κ2) is 7.77. The van der Waals surface area contributed by atoms with Crippen molar-refractivity contribution in [2.75, 3.05) is 7.11 Å². The maximum absolute atomic E-state index is 14.1. The topological polar surface area (TPSA) is 91.0 Å². The third-order valence-electron chi connectivity index (χ3n) is 4.45. The zero-order valence-electron chi connectivity index (χ0n) is 15.0. The van der Waals surface area contributed by atoms with E-state index in [9.17, 15) is 28.1 Å². The van der Waals surface area contributed by atoms with E-state index in [-0.39, 0.29) is 21.3 Å². The molecular formula is C18H11Cl2F3N2O5. The number of methoxy groups -OCH3 is 1. The molecule has 1 heterocycles. The number of hydrogen-bond acceptors (Lipinski definition) is 6. The molecule has 0 fully saturated rings. The summed E-state index contributed by atoms with van der Waals surface area (Å²) in [7, 11) is 0.994. The molecule has 1 aliphatic heterocycles. The van der Waals surface area contributed by atoms with Gasteiger partial charge in [-0.15, -0.1) is 0 Å². The highest BCUT2D eigenvalue weighted by molar-refractivity contribution is 6.35. The average molecular weight is 463 g/mol. The zero-order valence-corrected chi connectivity index (χ0v) is 16.5. The van der Waals surface area contributed by atoms with Crippen LogP contribution in [0.4, 0.5) is 18.9 Å². The minimum absolute atomic E-state index is 0.101. The highest BCUT2D eigenvalue weighted by atomic mass is 35.5. The molecule has 0 aromatic heterocycles. The Balaban J connectivity index is 2.10. The fourth-order valence-corrected chi connectivity index (χ4v) is 3.52. The highest BCUT2D eigenvalue weighted by Crippen LogP contribution is 2.49. The van der Waals surface area contributed by atoms with Gasteiger partial charge in [0, 0.05) is 33.7 Å². The number of hydrogen-bond donors (Lipinski definition) is 0. The molecule has 0 bridgehead atoms. The lowest BCUT2D eigenvalue weighted by atomic mass is 9.85. The SMILES string of the molecule is COC(=O)c1ccc(C2(C(F)(F)F)CC(c3cc(Cl)cc(Cl)c3)=NO2)cc1[N+](=O)[O-]. The van der Waals surface area contributed by atoms with Crippen LogP contribution in [0.3, 0.4) is 0 Å². The van der Waals surface area contributed by atoms with Gasteiger partial charge in [0.15, 0.2) is 0 Å². The largest absolute Gasteiger partial charge is 0.465 e. The molecule has 158 valence electrons. The van der Waals surface area contributed by atoms with Crippen molar-refractivity contribution < 1.29 is 32.5 Å². The number of esters is 1. The van der Waals surface area contributed by atoms with Crippen LogP contribution in [0.1, 0.15) is 27.9 Å². The number of nitrogens with zero attached hydrogens (tertiary/aromatic N) is 2. The van der Waals surface area contributed by atoms with Gasteiger partial charge in [0.2, 0.25) is 0 Å². The van der Waals surface area contributed by atoms with E-state index in [1.165, 1.54) is 18.2 Å². The van der Waals surface area contributed by atoms with E-state index >= 15 is 0 Å². The predicted octanol–water partition coefficient (Wildman–Crippen LogP) is 5.27. The van der Waals surface area contributed by atoms with Crippen molar-refractivity contribution in [3.8, 4) is 0 Å². The van der Waals surface area contributed by atoms with E-state index in [1.807, 2.05) is 0 Å². The Labute approximate surface area is 177 Å². The quantitative estimate of drug-likeness (QED) is 0.350. The van der Waals surface area contributed by atoms with Crippen LogP contribution in [0.5, 0.6) is 0 Å². The summed E-state index contributed by atoms with van der Waals surface area (Å²) in [5.74, 6) is -1.06. The molecule has 1 atom stereocenters. The van der Waals surface area contributed by atoms with Crippen LogP contribution >= 0.6 is 23.2 Å². The van der Waals surface area contributed by atoms with Crippen LogP contribution in [0.2, 0.25) is 10.0 Å². The van der Waals surface area contributed by atoms with E-state index < -0.39 is 45.9 Å². The molecule has 0 spiro atoms. The second-order valence-electron chi connectivity index (χ2n) is 6.27. The minimum Gasteiger partial charge on any atom is -0.465 e. The van der Waals surface area contributed by atoms with Crippen LogP contribution in [0, 0.1) is 10.1 Å². The van der Waals surface area contributed by atoms with Crippen LogP contribution in [-0.4, -0.2) is 29.9 Å². The van der Waals surface area contributed by atoms with Gasteiger partial charge in [-0.25, -0.2) is 4.79 Å². The van der Waals surface area contributed by atoms with Crippen molar-refractivity contribution in [1.82, 2.24) is 0 Å². The van der Waals surface area contributed by atoms with Gasteiger partial charge in [-0.05, 0) is 24.3 Å². The van der Waals surface area contributed by atoms with E-state index in [4.69, 9.17) is 28.0 Å². The normalized spacial score (nSPS) is 18.5. The summed E-state index contributed by atoms with van der Waals surface area (Å²) in [6, 6.07) is 6.55. The summed E-state index contributed by atoms with van der Waals surface area (Å²) in [5, 5.41) is 15.3. The van der Waals surface area contributed by atoms with Gasteiger partial charge in [-0.3, -0.25) is 10.1 Å². The van der Waals surface area contributed by atoms with Gasteiger partial charge in [-0.2, -0.15) is 13.2 Å². The van der Waals surface area contributed by atoms with E-state index in [0.717, 1.165) is 19.2 Å². The van der Waals surface area contributed by atoms with Crippen LogP contribution in [-0.2, 0) is 15.2 Å². The fourth-order valence-electron chi connectivity index (χ4n) is 3.00. The first kappa shape index (κ1) is 21.8. The molecule has 0 saturated heterocycles. The Hall–Kier alpha value is -2.85. The van der Waals surface area contributed by atoms with Gasteiger partial charge >= 0.3 is 12.1 Å². The number of nitro benzene ring substituents is 1. The number of oxime groups is 1.